The summed E-state index contributed by atoms with van der Waals surface area (Å²) in [5.41, 5.74) is 8.37. The summed E-state index contributed by atoms with van der Waals surface area (Å²) in [6.07, 6.45) is -3.22. The maximum absolute atomic E-state index is 13.3. The first kappa shape index (κ1) is 32.6. The van der Waals surface area contributed by atoms with Crippen molar-refractivity contribution in [1.29, 1.82) is 0 Å². The van der Waals surface area contributed by atoms with Crippen LogP contribution in [-0.4, -0.2) is 73.1 Å². The van der Waals surface area contributed by atoms with Gasteiger partial charge >= 0.3 is 5.97 Å². The summed E-state index contributed by atoms with van der Waals surface area (Å²) in [5.74, 6) is -3.80. The minimum absolute atomic E-state index is 0.0239. The zero-order chi connectivity index (χ0) is 33.3. The van der Waals surface area contributed by atoms with Crippen molar-refractivity contribution in [3.8, 4) is 0 Å². The van der Waals surface area contributed by atoms with Gasteiger partial charge < -0.3 is 29.4 Å². The van der Waals surface area contributed by atoms with Gasteiger partial charge in [0.2, 0.25) is 11.8 Å². The number of carbonyl (C=O) groups excluding carboxylic acids is 3. The zero-order valence-electron chi connectivity index (χ0n) is 27.0. The SMILES string of the molecule is CCOC(=O)/C(=C(\N)[C@@H]1O[C@@H](COC(c2ccccc2)(c2ccccc2)c2ccccc2)[C@H]2OC(C)(C)O[C@@H]21)[C@@H]1CC(=O)N(C)C1=O. The fourth-order valence-electron chi connectivity index (χ4n) is 6.85. The molecule has 10 nitrogen and oxygen atoms in total. The van der Waals surface area contributed by atoms with E-state index in [1.165, 1.54) is 7.05 Å². The van der Waals surface area contributed by atoms with Crippen LogP contribution in [0.15, 0.2) is 102 Å². The van der Waals surface area contributed by atoms with Gasteiger partial charge in [-0.2, -0.15) is 0 Å². The van der Waals surface area contributed by atoms with Crippen LogP contribution in [0.3, 0.4) is 0 Å². The highest BCUT2D eigenvalue weighted by Crippen LogP contribution is 2.45. The third kappa shape index (κ3) is 5.98. The summed E-state index contributed by atoms with van der Waals surface area (Å²) >= 11 is 0. The number of rotatable bonds is 10. The first-order valence-electron chi connectivity index (χ1n) is 15.9. The van der Waals surface area contributed by atoms with Crippen molar-refractivity contribution < 1.29 is 38.1 Å². The Bertz CT molecular complexity index is 1550. The molecule has 0 bridgehead atoms. The molecule has 10 heteroatoms. The number of nitrogens with two attached hydrogens (primary N) is 1. The molecule has 246 valence electrons. The van der Waals surface area contributed by atoms with E-state index in [4.69, 9.17) is 29.4 Å². The number of likely N-dealkylation sites (tertiary alicyclic amines) is 1. The second kappa shape index (κ2) is 13.0. The Labute approximate surface area is 274 Å². The monoisotopic (exact) mass is 640 g/mol. The van der Waals surface area contributed by atoms with Crippen molar-refractivity contribution in [3.63, 3.8) is 0 Å². The van der Waals surface area contributed by atoms with Crippen LogP contribution in [0.1, 0.15) is 43.9 Å². The molecule has 5 atom stereocenters. The van der Waals surface area contributed by atoms with Gasteiger partial charge in [-0.05, 0) is 37.5 Å². The quantitative estimate of drug-likeness (QED) is 0.151. The highest BCUT2D eigenvalue weighted by molar-refractivity contribution is 6.09. The molecule has 2 N–H and O–H groups in total. The number of ether oxygens (including phenoxy) is 5. The largest absolute Gasteiger partial charge is 0.463 e. The summed E-state index contributed by atoms with van der Waals surface area (Å²) in [7, 11) is 1.38. The summed E-state index contributed by atoms with van der Waals surface area (Å²) in [6.45, 7) is 5.36. The lowest BCUT2D eigenvalue weighted by atomic mass is 9.80. The van der Waals surface area contributed by atoms with Crippen LogP contribution < -0.4 is 5.73 Å². The molecular weight excluding hydrogens is 600 g/mol. The van der Waals surface area contributed by atoms with Crippen molar-refractivity contribution in [3.05, 3.63) is 119 Å². The number of carbonyl (C=O) groups is 3. The standard InChI is InChI=1S/C37H40N2O8/c1-5-43-35(42)29(26-21-28(40)39(4)34(26)41)30(38)32-33-31(46-36(2,3)47-33)27(45-32)22-44-37(23-15-9-6-10-16-23,24-17-11-7-12-18-24)25-19-13-8-14-20-25/h6-20,26-27,31-33H,5,21-22,38H2,1-4H3/b30-29-/t26-,27-,31+,32-,33-/m0/s1. The van der Waals surface area contributed by atoms with E-state index in [2.05, 4.69) is 0 Å². The van der Waals surface area contributed by atoms with E-state index in [0.717, 1.165) is 21.6 Å². The minimum atomic E-state index is -1.10. The highest BCUT2D eigenvalue weighted by Gasteiger charge is 2.58. The molecule has 6 rings (SSSR count). The predicted octanol–water partition coefficient (Wildman–Crippen LogP) is 4.06. The highest BCUT2D eigenvalue weighted by atomic mass is 16.8. The van der Waals surface area contributed by atoms with Gasteiger partial charge in [0.1, 0.15) is 30.0 Å². The van der Waals surface area contributed by atoms with Gasteiger partial charge in [-0.25, -0.2) is 4.79 Å². The summed E-state index contributed by atoms with van der Waals surface area (Å²) < 4.78 is 31.6. The van der Waals surface area contributed by atoms with E-state index in [1.807, 2.05) is 91.0 Å². The zero-order valence-corrected chi connectivity index (χ0v) is 27.0. The molecule has 47 heavy (non-hydrogen) atoms. The molecule has 0 aliphatic carbocycles. The first-order chi connectivity index (χ1) is 22.6. The van der Waals surface area contributed by atoms with Crippen molar-refractivity contribution in [2.75, 3.05) is 20.3 Å². The van der Waals surface area contributed by atoms with Crippen LogP contribution >= 0.6 is 0 Å². The van der Waals surface area contributed by atoms with Crippen LogP contribution in [-0.2, 0) is 43.7 Å². The summed E-state index contributed by atoms with van der Waals surface area (Å²) in [4.78, 5) is 39.9. The molecule has 3 fully saturated rings. The molecule has 3 aliphatic heterocycles. The fourth-order valence-corrected chi connectivity index (χ4v) is 6.85. The number of amides is 2. The molecule has 0 radical (unpaired) electrons. The lowest BCUT2D eigenvalue weighted by molar-refractivity contribution is -0.191. The molecule has 0 aromatic heterocycles. The Kier molecular flexibility index (Phi) is 9.04. The van der Waals surface area contributed by atoms with Crippen LogP contribution in [0.5, 0.6) is 0 Å². The Morgan fingerprint density at radius 2 is 1.40 bits per heavy atom. The Morgan fingerprint density at radius 3 is 1.87 bits per heavy atom. The fraction of sp³-hybridized carbons (Fsp3) is 0.378. The number of hydrogen-bond acceptors (Lipinski definition) is 9. The van der Waals surface area contributed by atoms with E-state index < -0.39 is 59.5 Å². The van der Waals surface area contributed by atoms with E-state index in [9.17, 15) is 14.4 Å². The molecule has 2 amide bonds. The van der Waals surface area contributed by atoms with Crippen LogP contribution in [0, 0.1) is 5.92 Å². The van der Waals surface area contributed by atoms with Crippen molar-refractivity contribution in [2.24, 2.45) is 11.7 Å². The molecule has 3 saturated heterocycles. The van der Waals surface area contributed by atoms with Gasteiger partial charge in [-0.15, -0.1) is 0 Å². The van der Waals surface area contributed by atoms with E-state index in [0.29, 0.717) is 0 Å². The van der Waals surface area contributed by atoms with Gasteiger partial charge in [0.15, 0.2) is 5.79 Å². The number of benzene rings is 3. The number of hydrogen-bond donors (Lipinski definition) is 1. The average molecular weight is 641 g/mol. The van der Waals surface area contributed by atoms with Gasteiger partial charge in [-0.3, -0.25) is 14.5 Å². The molecule has 0 unspecified atom stereocenters. The van der Waals surface area contributed by atoms with E-state index in [-0.39, 0.29) is 30.9 Å². The number of fused-ring (bicyclic) bond motifs is 1. The molecule has 3 aromatic carbocycles. The van der Waals surface area contributed by atoms with Gasteiger partial charge in [-0.1, -0.05) is 91.0 Å². The van der Waals surface area contributed by atoms with E-state index in [1.54, 1.807) is 20.8 Å². The Morgan fingerprint density at radius 1 is 0.894 bits per heavy atom. The lowest BCUT2D eigenvalue weighted by Crippen LogP contribution is -2.39. The molecule has 3 aliphatic rings. The number of nitrogens with zero attached hydrogens (tertiary/aromatic N) is 1. The second-order valence-electron chi connectivity index (χ2n) is 12.4. The molecule has 0 saturated carbocycles. The Balaban J connectivity index is 1.40. The number of imide groups is 1. The van der Waals surface area contributed by atoms with Gasteiger partial charge in [0.05, 0.1) is 30.4 Å². The van der Waals surface area contributed by atoms with E-state index >= 15 is 0 Å². The first-order valence-corrected chi connectivity index (χ1v) is 15.9. The smallest absolute Gasteiger partial charge is 0.336 e. The lowest BCUT2D eigenvalue weighted by Gasteiger charge is -2.37. The normalized spacial score (nSPS) is 25.9. The van der Waals surface area contributed by atoms with Crippen LogP contribution in [0.4, 0.5) is 0 Å². The van der Waals surface area contributed by atoms with Crippen LogP contribution in [0.25, 0.3) is 0 Å². The Hall–Kier alpha value is -4.35. The minimum Gasteiger partial charge on any atom is -0.463 e. The van der Waals surface area contributed by atoms with Crippen LogP contribution in [0.2, 0.25) is 0 Å². The van der Waals surface area contributed by atoms with Crippen molar-refractivity contribution in [2.45, 2.75) is 63.0 Å². The van der Waals surface area contributed by atoms with Gasteiger partial charge in [0.25, 0.3) is 0 Å². The van der Waals surface area contributed by atoms with Crippen molar-refractivity contribution >= 4 is 17.8 Å². The summed E-state index contributed by atoms with van der Waals surface area (Å²) in [5, 5.41) is 0. The maximum atomic E-state index is 13.3. The third-order valence-corrected chi connectivity index (χ3v) is 9.00. The van der Waals surface area contributed by atoms with Crippen molar-refractivity contribution in [1.82, 2.24) is 4.90 Å². The molecular formula is C37H40N2O8. The molecule has 3 aromatic rings. The number of esters is 1. The summed E-state index contributed by atoms with van der Waals surface area (Å²) in [6, 6.07) is 29.9. The topological polar surface area (TPSA) is 127 Å². The third-order valence-electron chi connectivity index (χ3n) is 9.00. The van der Waals surface area contributed by atoms with Gasteiger partial charge in [0, 0.05) is 13.5 Å². The maximum Gasteiger partial charge on any atom is 0.336 e. The predicted molar refractivity (Wildman–Crippen MR) is 171 cm³/mol. The molecule has 0 spiro atoms. The second-order valence-corrected chi connectivity index (χ2v) is 12.4. The molecule has 3 heterocycles. The average Bonchev–Trinajstić information content (AvgIpc) is 3.66.